The first-order valence-corrected chi connectivity index (χ1v) is 6.63. The van der Waals surface area contributed by atoms with Gasteiger partial charge in [0, 0.05) is 18.6 Å². The van der Waals surface area contributed by atoms with Gasteiger partial charge in [0.1, 0.15) is 0 Å². The summed E-state index contributed by atoms with van der Waals surface area (Å²) in [4.78, 5) is 2.71. The van der Waals surface area contributed by atoms with Gasteiger partial charge in [0.05, 0.1) is 0 Å². The summed E-state index contributed by atoms with van der Waals surface area (Å²) in [6, 6.07) is 0. The first kappa shape index (κ1) is 11.4. The summed E-state index contributed by atoms with van der Waals surface area (Å²) in [7, 11) is 0. The van der Waals surface area contributed by atoms with Crippen LogP contribution in [0.15, 0.2) is 0 Å². The third kappa shape index (κ3) is 2.07. The van der Waals surface area contributed by atoms with E-state index in [1.54, 1.807) is 0 Å². The third-order valence-electron chi connectivity index (χ3n) is 4.75. The lowest BCUT2D eigenvalue weighted by Gasteiger charge is -2.38. The van der Waals surface area contributed by atoms with Crippen LogP contribution in [0, 0.1) is 11.8 Å². The molecule has 1 saturated heterocycles. The molecule has 0 aromatic rings. The van der Waals surface area contributed by atoms with Gasteiger partial charge in [0.25, 0.3) is 0 Å². The van der Waals surface area contributed by atoms with Crippen LogP contribution in [0.3, 0.4) is 0 Å². The summed E-state index contributed by atoms with van der Waals surface area (Å²) >= 11 is 0. The average molecular weight is 210 g/mol. The van der Waals surface area contributed by atoms with Crippen LogP contribution >= 0.6 is 0 Å². The Bertz CT molecular complexity index is 207. The summed E-state index contributed by atoms with van der Waals surface area (Å²) in [5, 5.41) is 0. The molecule has 1 unspecified atom stereocenters. The maximum absolute atomic E-state index is 6.03. The van der Waals surface area contributed by atoms with Crippen LogP contribution in [0.4, 0.5) is 0 Å². The average Bonchev–Trinajstić information content (AvgIpc) is 2.87. The van der Waals surface area contributed by atoms with E-state index >= 15 is 0 Å². The zero-order valence-electron chi connectivity index (χ0n) is 10.3. The predicted octanol–water partition coefficient (Wildman–Crippen LogP) is 2.24. The van der Waals surface area contributed by atoms with Gasteiger partial charge in [-0.3, -0.25) is 4.90 Å². The number of hydrogen-bond acceptors (Lipinski definition) is 2. The van der Waals surface area contributed by atoms with Crippen molar-refractivity contribution in [2.45, 2.75) is 51.5 Å². The molecular weight excluding hydrogens is 184 g/mol. The van der Waals surface area contributed by atoms with Crippen molar-refractivity contribution in [3.05, 3.63) is 0 Å². The molecule has 0 amide bonds. The Balaban J connectivity index is 1.99. The van der Waals surface area contributed by atoms with Crippen LogP contribution in [0.25, 0.3) is 0 Å². The quantitative estimate of drug-likeness (QED) is 0.774. The Morgan fingerprint density at radius 1 is 1.33 bits per heavy atom. The Labute approximate surface area is 94.2 Å². The summed E-state index contributed by atoms with van der Waals surface area (Å²) in [6.45, 7) is 8.18. The van der Waals surface area contributed by atoms with Crippen LogP contribution < -0.4 is 5.73 Å². The van der Waals surface area contributed by atoms with Gasteiger partial charge in [-0.1, -0.05) is 26.7 Å². The van der Waals surface area contributed by atoms with E-state index in [2.05, 4.69) is 18.7 Å². The second-order valence-corrected chi connectivity index (χ2v) is 5.87. The first-order valence-electron chi connectivity index (χ1n) is 6.63. The molecule has 88 valence electrons. The van der Waals surface area contributed by atoms with Crippen LogP contribution in [-0.4, -0.2) is 30.1 Å². The van der Waals surface area contributed by atoms with Gasteiger partial charge in [-0.25, -0.2) is 0 Å². The molecule has 2 nitrogen and oxygen atoms in total. The maximum atomic E-state index is 6.03. The fourth-order valence-corrected chi connectivity index (χ4v) is 3.44. The zero-order chi connectivity index (χ0) is 10.9. The Hall–Kier alpha value is -0.0800. The molecule has 15 heavy (non-hydrogen) atoms. The minimum Gasteiger partial charge on any atom is -0.329 e. The molecule has 2 heteroatoms. The summed E-state index contributed by atoms with van der Waals surface area (Å²) in [5.41, 5.74) is 6.42. The number of hydrogen-bond donors (Lipinski definition) is 1. The number of nitrogens with two attached hydrogens (primary N) is 1. The van der Waals surface area contributed by atoms with E-state index in [0.717, 1.165) is 18.4 Å². The second kappa shape index (κ2) is 4.42. The number of rotatable bonds is 3. The van der Waals surface area contributed by atoms with Gasteiger partial charge in [-0.05, 0) is 37.6 Å². The van der Waals surface area contributed by atoms with E-state index in [4.69, 9.17) is 5.73 Å². The summed E-state index contributed by atoms with van der Waals surface area (Å²) < 4.78 is 0. The molecule has 2 aliphatic rings. The van der Waals surface area contributed by atoms with E-state index in [-0.39, 0.29) is 0 Å². The van der Waals surface area contributed by atoms with Crippen LogP contribution in [-0.2, 0) is 0 Å². The molecule has 1 aliphatic carbocycles. The lowest BCUT2D eigenvalue weighted by atomic mass is 9.93. The van der Waals surface area contributed by atoms with E-state index in [9.17, 15) is 0 Å². The molecular formula is C13H26N2. The molecule has 0 radical (unpaired) electrons. The van der Waals surface area contributed by atoms with E-state index < -0.39 is 0 Å². The standard InChI is InChI=1S/C13H26N2/c1-11(2)12-5-8-15(9-12)13(10-14)6-3-4-7-13/h11-12H,3-10,14H2,1-2H3. The van der Waals surface area contributed by atoms with Crippen molar-refractivity contribution in [2.75, 3.05) is 19.6 Å². The van der Waals surface area contributed by atoms with Gasteiger partial charge in [0.2, 0.25) is 0 Å². The largest absolute Gasteiger partial charge is 0.329 e. The third-order valence-corrected chi connectivity index (χ3v) is 4.75. The minimum absolute atomic E-state index is 0.392. The molecule has 1 saturated carbocycles. The number of likely N-dealkylation sites (tertiary alicyclic amines) is 1. The molecule has 1 heterocycles. The highest BCUT2D eigenvalue weighted by molar-refractivity contribution is 4.98. The molecule has 0 bridgehead atoms. The smallest absolute Gasteiger partial charge is 0.0331 e. The lowest BCUT2D eigenvalue weighted by molar-refractivity contribution is 0.121. The highest BCUT2D eigenvalue weighted by atomic mass is 15.2. The number of nitrogens with zero attached hydrogens (tertiary/aromatic N) is 1. The maximum Gasteiger partial charge on any atom is 0.0331 e. The lowest BCUT2D eigenvalue weighted by Crippen LogP contribution is -2.51. The molecule has 2 fully saturated rings. The Morgan fingerprint density at radius 2 is 2.00 bits per heavy atom. The van der Waals surface area contributed by atoms with Crippen LogP contribution in [0.2, 0.25) is 0 Å². The van der Waals surface area contributed by atoms with Crippen molar-refractivity contribution in [3.63, 3.8) is 0 Å². The fourth-order valence-electron chi connectivity index (χ4n) is 3.44. The van der Waals surface area contributed by atoms with Gasteiger partial charge in [0.15, 0.2) is 0 Å². The summed E-state index contributed by atoms with van der Waals surface area (Å²) in [6.07, 6.45) is 6.85. The zero-order valence-corrected chi connectivity index (χ0v) is 10.3. The topological polar surface area (TPSA) is 29.3 Å². The Morgan fingerprint density at radius 3 is 2.47 bits per heavy atom. The molecule has 1 atom stereocenters. The van der Waals surface area contributed by atoms with Crippen LogP contribution in [0.5, 0.6) is 0 Å². The van der Waals surface area contributed by atoms with E-state index in [1.807, 2.05) is 0 Å². The highest BCUT2D eigenvalue weighted by Crippen LogP contribution is 2.38. The molecule has 1 aliphatic heterocycles. The van der Waals surface area contributed by atoms with Crippen molar-refractivity contribution in [2.24, 2.45) is 17.6 Å². The second-order valence-electron chi connectivity index (χ2n) is 5.87. The molecule has 2 N–H and O–H groups in total. The monoisotopic (exact) mass is 210 g/mol. The van der Waals surface area contributed by atoms with Crippen molar-refractivity contribution in [1.82, 2.24) is 4.90 Å². The van der Waals surface area contributed by atoms with Crippen molar-refractivity contribution >= 4 is 0 Å². The predicted molar refractivity (Wildman–Crippen MR) is 64.8 cm³/mol. The fraction of sp³-hybridized carbons (Fsp3) is 1.00. The molecule has 2 rings (SSSR count). The SMILES string of the molecule is CC(C)C1CCN(C2(CN)CCCC2)C1. The molecule has 0 spiro atoms. The van der Waals surface area contributed by atoms with Crippen LogP contribution in [0.1, 0.15) is 46.0 Å². The molecule has 0 aromatic carbocycles. The minimum atomic E-state index is 0.392. The highest BCUT2D eigenvalue weighted by Gasteiger charge is 2.41. The first-order chi connectivity index (χ1) is 7.18. The van der Waals surface area contributed by atoms with Gasteiger partial charge >= 0.3 is 0 Å². The normalized spacial score (nSPS) is 31.6. The molecule has 0 aromatic heterocycles. The van der Waals surface area contributed by atoms with Gasteiger partial charge in [-0.15, -0.1) is 0 Å². The Kier molecular flexibility index (Phi) is 3.36. The van der Waals surface area contributed by atoms with Crippen molar-refractivity contribution < 1.29 is 0 Å². The van der Waals surface area contributed by atoms with E-state index in [0.29, 0.717) is 5.54 Å². The van der Waals surface area contributed by atoms with Crippen molar-refractivity contribution in [3.8, 4) is 0 Å². The van der Waals surface area contributed by atoms with E-state index in [1.165, 1.54) is 45.2 Å². The van der Waals surface area contributed by atoms with Gasteiger partial charge in [-0.2, -0.15) is 0 Å². The summed E-state index contributed by atoms with van der Waals surface area (Å²) in [5.74, 6) is 1.75. The van der Waals surface area contributed by atoms with Gasteiger partial charge < -0.3 is 5.73 Å². The van der Waals surface area contributed by atoms with Crippen molar-refractivity contribution in [1.29, 1.82) is 0 Å².